The van der Waals surface area contributed by atoms with E-state index in [1.54, 1.807) is 17.7 Å². The van der Waals surface area contributed by atoms with Crippen LogP contribution in [0.25, 0.3) is 0 Å². The summed E-state index contributed by atoms with van der Waals surface area (Å²) in [6, 6.07) is 0. The summed E-state index contributed by atoms with van der Waals surface area (Å²) in [4.78, 5) is 25.2. The van der Waals surface area contributed by atoms with Gasteiger partial charge in [0.25, 0.3) is 5.56 Å². The second-order valence-electron chi connectivity index (χ2n) is 4.50. The monoisotopic (exact) mass is 210 g/mol. The van der Waals surface area contributed by atoms with Crippen molar-refractivity contribution in [1.82, 2.24) is 9.55 Å². The van der Waals surface area contributed by atoms with E-state index < -0.39 is 0 Å². The van der Waals surface area contributed by atoms with Crippen LogP contribution < -0.4 is 11.2 Å². The van der Waals surface area contributed by atoms with Crippen LogP contribution in [0, 0.1) is 6.92 Å². The van der Waals surface area contributed by atoms with Crippen molar-refractivity contribution in [3.8, 4) is 0 Å². The molecule has 1 aromatic heterocycles. The summed E-state index contributed by atoms with van der Waals surface area (Å²) in [5.74, 6) is 0. The third-order valence-electron chi connectivity index (χ3n) is 2.63. The van der Waals surface area contributed by atoms with Crippen LogP contribution in [0.1, 0.15) is 39.2 Å². The molecule has 0 unspecified atom stereocenters. The van der Waals surface area contributed by atoms with Crippen molar-refractivity contribution in [1.29, 1.82) is 0 Å². The fraction of sp³-hybridized carbons (Fsp3) is 0.636. The lowest BCUT2D eigenvalue weighted by atomic mass is 9.98. The molecule has 0 aromatic carbocycles. The van der Waals surface area contributed by atoms with E-state index in [9.17, 15) is 9.59 Å². The molecule has 1 heterocycles. The molecule has 0 saturated carbocycles. The largest absolute Gasteiger partial charge is 0.328 e. The summed E-state index contributed by atoms with van der Waals surface area (Å²) in [6.07, 6.45) is 3.53. The molecule has 0 radical (unpaired) electrons. The predicted molar refractivity (Wildman–Crippen MR) is 60.3 cm³/mol. The Bertz CT molecular complexity index is 454. The minimum absolute atomic E-state index is 0.249. The van der Waals surface area contributed by atoms with Gasteiger partial charge >= 0.3 is 5.69 Å². The second kappa shape index (κ2) is 4.04. The fourth-order valence-electron chi connectivity index (χ4n) is 1.75. The van der Waals surface area contributed by atoms with Crippen LogP contribution in [-0.4, -0.2) is 9.55 Å². The van der Waals surface area contributed by atoms with E-state index in [1.807, 2.05) is 13.8 Å². The zero-order valence-corrected chi connectivity index (χ0v) is 9.76. The Kier molecular flexibility index (Phi) is 3.17. The highest BCUT2D eigenvalue weighted by atomic mass is 16.2. The van der Waals surface area contributed by atoms with Gasteiger partial charge in [-0.1, -0.05) is 13.3 Å². The summed E-state index contributed by atoms with van der Waals surface area (Å²) in [6.45, 7) is 7.77. The topological polar surface area (TPSA) is 54.9 Å². The summed E-state index contributed by atoms with van der Waals surface area (Å²) in [7, 11) is 0. The van der Waals surface area contributed by atoms with Crippen LogP contribution >= 0.6 is 0 Å². The van der Waals surface area contributed by atoms with Crippen molar-refractivity contribution in [3.05, 3.63) is 32.6 Å². The van der Waals surface area contributed by atoms with Gasteiger partial charge in [0.1, 0.15) is 0 Å². The summed E-state index contributed by atoms with van der Waals surface area (Å²) < 4.78 is 1.60. The van der Waals surface area contributed by atoms with Crippen LogP contribution in [0.3, 0.4) is 0 Å². The molecule has 0 aliphatic carbocycles. The van der Waals surface area contributed by atoms with Gasteiger partial charge < -0.3 is 0 Å². The zero-order chi connectivity index (χ0) is 11.6. The van der Waals surface area contributed by atoms with E-state index in [4.69, 9.17) is 0 Å². The Labute approximate surface area is 89.0 Å². The highest BCUT2D eigenvalue weighted by Crippen LogP contribution is 2.18. The highest BCUT2D eigenvalue weighted by molar-refractivity contribution is 5.03. The van der Waals surface area contributed by atoms with Gasteiger partial charge in [-0.3, -0.25) is 14.3 Å². The molecule has 0 saturated heterocycles. The highest BCUT2D eigenvalue weighted by Gasteiger charge is 2.20. The van der Waals surface area contributed by atoms with Gasteiger partial charge in [-0.15, -0.1) is 0 Å². The number of rotatable bonds is 3. The zero-order valence-electron chi connectivity index (χ0n) is 9.76. The SMILES string of the molecule is CCCC(C)(C)n1cc(C)c(=O)[nH]c1=O. The quantitative estimate of drug-likeness (QED) is 0.819. The molecule has 0 amide bonds. The lowest BCUT2D eigenvalue weighted by molar-refractivity contribution is 0.308. The smallest absolute Gasteiger partial charge is 0.295 e. The molecule has 1 N–H and O–H groups in total. The molecule has 0 bridgehead atoms. The lowest BCUT2D eigenvalue weighted by Crippen LogP contribution is -2.40. The van der Waals surface area contributed by atoms with E-state index in [2.05, 4.69) is 11.9 Å². The number of nitrogens with zero attached hydrogens (tertiary/aromatic N) is 1. The van der Waals surface area contributed by atoms with Gasteiger partial charge in [0.15, 0.2) is 0 Å². The second-order valence-corrected chi connectivity index (χ2v) is 4.50. The molecule has 4 nitrogen and oxygen atoms in total. The molecule has 1 aromatic rings. The molecule has 84 valence electrons. The first-order valence-electron chi connectivity index (χ1n) is 5.21. The fourth-order valence-corrected chi connectivity index (χ4v) is 1.75. The van der Waals surface area contributed by atoms with Crippen molar-refractivity contribution in [3.63, 3.8) is 0 Å². The molecular formula is C11H18N2O2. The van der Waals surface area contributed by atoms with Crippen LogP contribution in [0.15, 0.2) is 15.8 Å². The van der Waals surface area contributed by atoms with Crippen molar-refractivity contribution < 1.29 is 0 Å². The number of nitrogens with one attached hydrogen (secondary N) is 1. The number of H-pyrrole nitrogens is 1. The Morgan fingerprint density at radius 3 is 2.53 bits per heavy atom. The molecule has 0 aliphatic rings. The number of aromatic amines is 1. The first kappa shape index (κ1) is 11.8. The number of aryl methyl sites for hydroxylation is 1. The third kappa shape index (κ3) is 2.37. The van der Waals surface area contributed by atoms with Crippen molar-refractivity contribution in [2.75, 3.05) is 0 Å². The average molecular weight is 210 g/mol. The maximum atomic E-state index is 11.6. The van der Waals surface area contributed by atoms with Gasteiger partial charge in [-0.05, 0) is 27.2 Å². The summed E-state index contributed by atoms with van der Waals surface area (Å²) in [5, 5.41) is 0. The van der Waals surface area contributed by atoms with Crippen LogP contribution in [0.2, 0.25) is 0 Å². The Balaban J connectivity index is 3.32. The maximum Gasteiger partial charge on any atom is 0.328 e. The molecular weight excluding hydrogens is 192 g/mol. The van der Waals surface area contributed by atoms with Gasteiger partial charge in [0, 0.05) is 17.3 Å². The van der Waals surface area contributed by atoms with Crippen LogP contribution in [-0.2, 0) is 5.54 Å². The first-order chi connectivity index (χ1) is 6.88. The molecule has 0 atom stereocenters. The molecule has 1 rings (SSSR count). The first-order valence-corrected chi connectivity index (χ1v) is 5.21. The van der Waals surface area contributed by atoms with Crippen molar-refractivity contribution >= 4 is 0 Å². The molecule has 4 heteroatoms. The van der Waals surface area contributed by atoms with E-state index >= 15 is 0 Å². The predicted octanol–water partition coefficient (Wildman–Crippen LogP) is 1.38. The van der Waals surface area contributed by atoms with Crippen LogP contribution in [0.4, 0.5) is 0 Å². The van der Waals surface area contributed by atoms with E-state index in [0.29, 0.717) is 5.56 Å². The van der Waals surface area contributed by atoms with Gasteiger partial charge in [0.2, 0.25) is 0 Å². The van der Waals surface area contributed by atoms with Crippen LogP contribution in [0.5, 0.6) is 0 Å². The molecule has 0 aliphatic heterocycles. The minimum atomic E-state index is -0.330. The normalized spacial score (nSPS) is 11.7. The van der Waals surface area contributed by atoms with Crippen molar-refractivity contribution in [2.45, 2.75) is 46.1 Å². The Morgan fingerprint density at radius 1 is 1.40 bits per heavy atom. The lowest BCUT2D eigenvalue weighted by Gasteiger charge is -2.26. The maximum absolute atomic E-state index is 11.6. The minimum Gasteiger partial charge on any atom is -0.295 e. The average Bonchev–Trinajstić information content (AvgIpc) is 2.11. The van der Waals surface area contributed by atoms with E-state index in [0.717, 1.165) is 12.8 Å². The standard InChI is InChI=1S/C11H18N2O2/c1-5-6-11(3,4)13-7-8(2)9(14)12-10(13)15/h7H,5-6H2,1-4H3,(H,12,14,15). The van der Waals surface area contributed by atoms with E-state index in [-0.39, 0.29) is 16.8 Å². The molecule has 15 heavy (non-hydrogen) atoms. The van der Waals surface area contributed by atoms with Gasteiger partial charge in [-0.2, -0.15) is 0 Å². The Morgan fingerprint density at radius 2 is 2.00 bits per heavy atom. The number of aromatic nitrogens is 2. The summed E-state index contributed by atoms with van der Waals surface area (Å²) >= 11 is 0. The summed E-state index contributed by atoms with van der Waals surface area (Å²) in [5.41, 5.74) is -0.313. The Hall–Kier alpha value is -1.32. The van der Waals surface area contributed by atoms with E-state index in [1.165, 1.54) is 0 Å². The molecule has 0 spiro atoms. The number of hydrogen-bond donors (Lipinski definition) is 1. The van der Waals surface area contributed by atoms with Gasteiger partial charge in [0.05, 0.1) is 0 Å². The van der Waals surface area contributed by atoms with Gasteiger partial charge in [-0.25, -0.2) is 4.79 Å². The number of hydrogen-bond acceptors (Lipinski definition) is 2. The third-order valence-corrected chi connectivity index (χ3v) is 2.63. The molecule has 0 fully saturated rings. The van der Waals surface area contributed by atoms with Crippen molar-refractivity contribution in [2.24, 2.45) is 0 Å².